The molecule has 0 aliphatic carbocycles. The Morgan fingerprint density at radius 2 is 1.70 bits per heavy atom. The van der Waals surface area contributed by atoms with Gasteiger partial charge in [0.15, 0.2) is 0 Å². The fraction of sp³-hybridized carbons (Fsp3) is 0.0833. The van der Waals surface area contributed by atoms with Crippen molar-refractivity contribution in [1.29, 1.82) is 0 Å². The van der Waals surface area contributed by atoms with Gasteiger partial charge in [0.25, 0.3) is 15.9 Å². The maximum Gasteiger partial charge on any atom is 0.276 e. The van der Waals surface area contributed by atoms with Crippen LogP contribution in [0.15, 0.2) is 87.2 Å². The molecule has 3 aromatic carbocycles. The van der Waals surface area contributed by atoms with Crippen LogP contribution in [0.4, 0.5) is 5.69 Å². The molecule has 0 fully saturated rings. The third-order valence-electron chi connectivity index (χ3n) is 4.93. The fourth-order valence-corrected chi connectivity index (χ4v) is 4.04. The van der Waals surface area contributed by atoms with Gasteiger partial charge < -0.3 is 9.73 Å². The van der Waals surface area contributed by atoms with Crippen LogP contribution < -0.4 is 15.7 Å². The van der Waals surface area contributed by atoms with Gasteiger partial charge >= 0.3 is 0 Å². The van der Waals surface area contributed by atoms with Crippen molar-refractivity contribution < 1.29 is 17.6 Å². The van der Waals surface area contributed by atoms with Crippen LogP contribution in [0, 0.1) is 13.8 Å². The zero-order valence-electron chi connectivity index (χ0n) is 17.8. The highest BCUT2D eigenvalue weighted by Crippen LogP contribution is 2.21. The van der Waals surface area contributed by atoms with Crippen LogP contribution in [0.5, 0.6) is 0 Å². The summed E-state index contributed by atoms with van der Waals surface area (Å²) in [5.41, 5.74) is 2.59. The molecule has 1 amide bonds. The lowest BCUT2D eigenvalue weighted by molar-refractivity contribution is 0.102. The lowest BCUT2D eigenvalue weighted by Crippen LogP contribution is -2.27. The number of hydrogen-bond donors (Lipinski definition) is 2. The Morgan fingerprint density at radius 3 is 2.42 bits per heavy atom. The van der Waals surface area contributed by atoms with Gasteiger partial charge in [0.2, 0.25) is 5.55 Å². The highest BCUT2D eigenvalue weighted by atomic mass is 35.5. The van der Waals surface area contributed by atoms with Gasteiger partial charge in [-0.25, -0.2) is 0 Å². The number of rotatable bonds is 5. The monoisotopic (exact) mass is 481 g/mol. The molecular formula is C24H20ClN3O4S. The summed E-state index contributed by atoms with van der Waals surface area (Å²) in [7, 11) is -3.97. The summed E-state index contributed by atoms with van der Waals surface area (Å²) < 4.78 is 31.1. The van der Waals surface area contributed by atoms with E-state index >= 15 is 0 Å². The number of benzene rings is 3. The molecule has 9 heteroatoms. The smallest absolute Gasteiger partial charge is 0.276 e. The van der Waals surface area contributed by atoms with Crippen molar-refractivity contribution in [1.82, 2.24) is 4.83 Å². The number of sulfonamides is 1. The quantitative estimate of drug-likeness (QED) is 0.402. The molecule has 0 spiro atoms. The maximum absolute atomic E-state index is 13.1. The number of carbonyl (C=O) groups excluding carboxylic acids is 1. The summed E-state index contributed by atoms with van der Waals surface area (Å²) >= 11 is 6.16. The zero-order chi connectivity index (χ0) is 23.6. The zero-order valence-corrected chi connectivity index (χ0v) is 19.4. The van der Waals surface area contributed by atoms with E-state index in [2.05, 4.69) is 15.2 Å². The molecule has 4 rings (SSSR count). The Kier molecular flexibility index (Phi) is 6.22. The molecule has 0 aliphatic rings. The molecule has 168 valence electrons. The number of halogens is 1. The third-order valence-corrected chi connectivity index (χ3v) is 6.56. The Labute approximate surface area is 195 Å². The van der Waals surface area contributed by atoms with Gasteiger partial charge in [0.05, 0.1) is 4.90 Å². The van der Waals surface area contributed by atoms with Crippen molar-refractivity contribution in [3.63, 3.8) is 0 Å². The van der Waals surface area contributed by atoms with E-state index in [1.807, 2.05) is 13.8 Å². The van der Waals surface area contributed by atoms with E-state index in [1.54, 1.807) is 60.7 Å². The number of aryl methyl sites for hydroxylation is 2. The highest BCUT2D eigenvalue weighted by Gasteiger charge is 2.16. The van der Waals surface area contributed by atoms with Crippen molar-refractivity contribution in [3.05, 3.63) is 100 Å². The Balaban J connectivity index is 1.74. The van der Waals surface area contributed by atoms with Gasteiger partial charge in [-0.05, 0) is 55.8 Å². The molecule has 2 N–H and O–H groups in total. The van der Waals surface area contributed by atoms with E-state index in [4.69, 9.17) is 16.0 Å². The number of fused-ring (bicyclic) bond motifs is 1. The second-order valence-corrected chi connectivity index (χ2v) is 9.51. The number of nitrogens with one attached hydrogen (secondary N) is 2. The lowest BCUT2D eigenvalue weighted by atomic mass is 10.1. The van der Waals surface area contributed by atoms with E-state index < -0.39 is 15.9 Å². The molecule has 0 saturated carbocycles. The average molecular weight is 482 g/mol. The minimum absolute atomic E-state index is 0.0398. The van der Waals surface area contributed by atoms with Crippen molar-refractivity contribution >= 4 is 44.2 Å². The van der Waals surface area contributed by atoms with Gasteiger partial charge in [-0.3, -0.25) is 4.79 Å². The largest absolute Gasteiger partial charge is 0.436 e. The van der Waals surface area contributed by atoms with Crippen molar-refractivity contribution in [2.45, 2.75) is 18.7 Å². The molecule has 7 nitrogen and oxygen atoms in total. The minimum Gasteiger partial charge on any atom is -0.436 e. The standard InChI is InChI=1S/C24H20ClN3O4S/c1-15-7-11-19(12-8-15)33(30,31)28-27-24-20(13-17-5-3-4-6-22(17)32-24)23(29)26-18-10-9-16(2)21(25)14-18/h3-14,28H,1-2H3,(H,26,29)/b27-24+. The Morgan fingerprint density at radius 1 is 0.970 bits per heavy atom. The van der Waals surface area contributed by atoms with E-state index in [-0.39, 0.29) is 16.0 Å². The summed E-state index contributed by atoms with van der Waals surface area (Å²) in [4.78, 5) is 15.2. The van der Waals surface area contributed by atoms with E-state index in [9.17, 15) is 13.2 Å². The van der Waals surface area contributed by atoms with Crippen molar-refractivity contribution in [2.75, 3.05) is 5.32 Å². The number of hydrogen-bond acceptors (Lipinski definition) is 5. The molecule has 1 heterocycles. The van der Waals surface area contributed by atoms with Gasteiger partial charge in [-0.1, -0.05) is 53.6 Å². The van der Waals surface area contributed by atoms with Gasteiger partial charge in [0.1, 0.15) is 11.1 Å². The van der Waals surface area contributed by atoms with Crippen molar-refractivity contribution in [2.24, 2.45) is 5.10 Å². The Bertz CT molecular complexity index is 1530. The third kappa shape index (κ3) is 5.08. The van der Waals surface area contributed by atoms with Gasteiger partial charge in [-0.2, -0.15) is 13.2 Å². The summed E-state index contributed by atoms with van der Waals surface area (Å²) in [6.45, 7) is 3.71. The van der Waals surface area contributed by atoms with Crippen LogP contribution in [0.2, 0.25) is 5.02 Å². The van der Waals surface area contributed by atoms with Crippen LogP contribution in [-0.2, 0) is 10.0 Å². The van der Waals surface area contributed by atoms with Crippen LogP contribution >= 0.6 is 11.6 Å². The lowest BCUT2D eigenvalue weighted by Gasteiger charge is -2.09. The van der Waals surface area contributed by atoms with E-state index in [0.29, 0.717) is 21.7 Å². The molecule has 0 radical (unpaired) electrons. The first kappa shape index (κ1) is 22.6. The van der Waals surface area contributed by atoms with Crippen LogP contribution in [0.25, 0.3) is 11.0 Å². The SMILES string of the molecule is Cc1ccc(S(=O)(=O)N/N=c2/oc3ccccc3cc2C(=O)Nc2ccc(C)c(Cl)c2)cc1. The number of nitrogens with zero attached hydrogens (tertiary/aromatic N) is 1. The molecule has 33 heavy (non-hydrogen) atoms. The number of para-hydroxylation sites is 1. The van der Waals surface area contributed by atoms with Gasteiger partial charge in [0, 0.05) is 16.1 Å². The molecule has 4 aromatic rings. The molecule has 1 aromatic heterocycles. The first-order valence-corrected chi connectivity index (χ1v) is 11.8. The molecule has 0 unspecified atom stereocenters. The highest BCUT2D eigenvalue weighted by molar-refractivity contribution is 7.89. The second-order valence-electron chi connectivity index (χ2n) is 7.44. The fourth-order valence-electron chi connectivity index (χ4n) is 3.06. The van der Waals surface area contributed by atoms with Crippen LogP contribution in [0.1, 0.15) is 21.5 Å². The summed E-state index contributed by atoms with van der Waals surface area (Å²) in [5.74, 6) is -0.530. The molecule has 0 aliphatic heterocycles. The topological polar surface area (TPSA) is 101 Å². The summed E-state index contributed by atoms with van der Waals surface area (Å²) in [6, 6.07) is 20.1. The van der Waals surface area contributed by atoms with Crippen LogP contribution in [0.3, 0.4) is 0 Å². The number of carbonyl (C=O) groups is 1. The van der Waals surface area contributed by atoms with E-state index in [1.165, 1.54) is 12.1 Å². The van der Waals surface area contributed by atoms with E-state index in [0.717, 1.165) is 11.1 Å². The molecule has 0 saturated heterocycles. The predicted molar refractivity (Wildman–Crippen MR) is 127 cm³/mol. The first-order chi connectivity index (χ1) is 15.7. The first-order valence-electron chi connectivity index (χ1n) is 9.95. The number of amides is 1. The molecule has 0 atom stereocenters. The molecular weight excluding hydrogens is 462 g/mol. The van der Waals surface area contributed by atoms with Gasteiger partial charge in [-0.15, -0.1) is 5.10 Å². The minimum atomic E-state index is -3.97. The summed E-state index contributed by atoms with van der Waals surface area (Å²) in [6.07, 6.45) is 0. The maximum atomic E-state index is 13.1. The normalized spacial score (nSPS) is 12.0. The molecule has 0 bridgehead atoms. The number of anilines is 1. The average Bonchev–Trinajstić information content (AvgIpc) is 2.80. The second kappa shape index (κ2) is 9.09. The summed E-state index contributed by atoms with van der Waals surface area (Å²) in [5, 5.41) is 7.84. The predicted octanol–water partition coefficient (Wildman–Crippen LogP) is 4.75. The van der Waals surface area contributed by atoms with Crippen LogP contribution in [-0.4, -0.2) is 14.3 Å². The Hall–Kier alpha value is -3.62. The van der Waals surface area contributed by atoms with Crippen molar-refractivity contribution in [3.8, 4) is 0 Å².